The van der Waals surface area contributed by atoms with Gasteiger partial charge in [-0.05, 0) is 12.3 Å². The highest BCUT2D eigenvalue weighted by Gasteiger charge is 2.35. The minimum absolute atomic E-state index is 0.0818. The average molecular weight is 310 g/mol. The van der Waals surface area contributed by atoms with Gasteiger partial charge in [-0.3, -0.25) is 0 Å². The van der Waals surface area contributed by atoms with Gasteiger partial charge in [0.15, 0.2) is 0 Å². The number of aliphatic hydroxyl groups is 5. The summed E-state index contributed by atoms with van der Waals surface area (Å²) in [5.74, 6) is 0.0818. The standard InChI is InChI=1S/C14H30O5S/c1-3-4-5-6-7-9(2)14(20)13(19)12(18)11(17)10(16)8-15/h9-20H,3-8H2,1-2H3/t9?,10-,11-,12+,13-,14?/m1/s1. The number of unbranched alkanes of at least 4 members (excludes halogenated alkanes) is 3. The summed E-state index contributed by atoms with van der Waals surface area (Å²) in [6.45, 7) is 3.40. The largest absolute Gasteiger partial charge is 0.394 e. The molecule has 0 radical (unpaired) electrons. The second-order valence-corrected chi connectivity index (χ2v) is 6.14. The molecule has 0 aromatic heterocycles. The van der Waals surface area contributed by atoms with E-state index in [9.17, 15) is 20.4 Å². The molecule has 0 aliphatic carbocycles. The zero-order valence-corrected chi connectivity index (χ0v) is 13.3. The second kappa shape index (κ2) is 10.8. The van der Waals surface area contributed by atoms with Crippen molar-refractivity contribution in [1.29, 1.82) is 0 Å². The summed E-state index contributed by atoms with van der Waals surface area (Å²) >= 11 is 4.31. The molecule has 0 aliphatic heterocycles. The van der Waals surface area contributed by atoms with E-state index >= 15 is 0 Å². The first kappa shape index (κ1) is 20.1. The Morgan fingerprint density at radius 2 is 1.50 bits per heavy atom. The molecule has 0 spiro atoms. The lowest BCUT2D eigenvalue weighted by Crippen LogP contribution is -2.50. The molecule has 5 nitrogen and oxygen atoms in total. The normalized spacial score (nSPS) is 21.0. The maximum Gasteiger partial charge on any atom is 0.111 e. The van der Waals surface area contributed by atoms with Crippen LogP contribution < -0.4 is 0 Å². The number of rotatable bonds is 11. The molecule has 5 N–H and O–H groups in total. The van der Waals surface area contributed by atoms with Gasteiger partial charge >= 0.3 is 0 Å². The molecular weight excluding hydrogens is 280 g/mol. The van der Waals surface area contributed by atoms with E-state index in [1.807, 2.05) is 6.92 Å². The van der Waals surface area contributed by atoms with Gasteiger partial charge in [-0.2, -0.15) is 12.6 Å². The third-order valence-electron chi connectivity index (χ3n) is 3.73. The molecule has 122 valence electrons. The third kappa shape index (κ3) is 6.74. The first-order valence-corrected chi connectivity index (χ1v) is 7.89. The molecule has 0 rings (SSSR count). The highest BCUT2D eigenvalue weighted by atomic mass is 32.1. The molecule has 20 heavy (non-hydrogen) atoms. The molecular formula is C14H30O5S. The molecule has 0 fully saturated rings. The predicted octanol–water partition coefficient (Wildman–Crippen LogP) is 0.327. The van der Waals surface area contributed by atoms with Crippen LogP contribution in [0.2, 0.25) is 0 Å². The van der Waals surface area contributed by atoms with Gasteiger partial charge in [0.2, 0.25) is 0 Å². The van der Waals surface area contributed by atoms with Crippen molar-refractivity contribution in [2.45, 2.75) is 75.6 Å². The van der Waals surface area contributed by atoms with Gasteiger partial charge in [-0.25, -0.2) is 0 Å². The van der Waals surface area contributed by atoms with Gasteiger partial charge in [0.1, 0.15) is 18.3 Å². The quantitative estimate of drug-likeness (QED) is 0.244. The van der Waals surface area contributed by atoms with E-state index in [4.69, 9.17) is 5.11 Å². The van der Waals surface area contributed by atoms with Crippen molar-refractivity contribution in [2.75, 3.05) is 6.61 Å². The van der Waals surface area contributed by atoms with Crippen LogP contribution in [0.1, 0.15) is 46.0 Å². The average Bonchev–Trinajstić information content (AvgIpc) is 2.47. The van der Waals surface area contributed by atoms with E-state index in [2.05, 4.69) is 19.6 Å². The number of hydrogen-bond acceptors (Lipinski definition) is 6. The molecule has 0 heterocycles. The Bertz CT molecular complexity index is 242. The van der Waals surface area contributed by atoms with Crippen LogP contribution in [0.25, 0.3) is 0 Å². The molecule has 6 heteroatoms. The van der Waals surface area contributed by atoms with Crippen molar-refractivity contribution in [3.63, 3.8) is 0 Å². The minimum Gasteiger partial charge on any atom is -0.394 e. The van der Waals surface area contributed by atoms with Gasteiger partial charge < -0.3 is 25.5 Å². The van der Waals surface area contributed by atoms with E-state index < -0.39 is 36.3 Å². The van der Waals surface area contributed by atoms with Crippen LogP contribution in [-0.2, 0) is 0 Å². The van der Waals surface area contributed by atoms with E-state index in [0.29, 0.717) is 0 Å². The first-order valence-electron chi connectivity index (χ1n) is 7.37. The second-order valence-electron chi connectivity index (χ2n) is 5.54. The summed E-state index contributed by atoms with van der Waals surface area (Å²) in [5.41, 5.74) is 0. The van der Waals surface area contributed by atoms with Crippen molar-refractivity contribution in [3.05, 3.63) is 0 Å². The Hall–Kier alpha value is 0.150. The Morgan fingerprint density at radius 1 is 0.900 bits per heavy atom. The van der Waals surface area contributed by atoms with Gasteiger partial charge in [-0.15, -0.1) is 0 Å². The van der Waals surface area contributed by atoms with E-state index in [1.165, 1.54) is 6.42 Å². The lowest BCUT2D eigenvalue weighted by atomic mass is 9.91. The number of hydrogen-bond donors (Lipinski definition) is 6. The van der Waals surface area contributed by atoms with Gasteiger partial charge in [0.25, 0.3) is 0 Å². The fraction of sp³-hybridized carbons (Fsp3) is 1.00. The molecule has 6 atom stereocenters. The fourth-order valence-electron chi connectivity index (χ4n) is 2.14. The van der Waals surface area contributed by atoms with Crippen molar-refractivity contribution in [2.24, 2.45) is 5.92 Å². The van der Waals surface area contributed by atoms with Crippen LogP contribution in [0.3, 0.4) is 0 Å². The smallest absolute Gasteiger partial charge is 0.111 e. The van der Waals surface area contributed by atoms with Crippen molar-refractivity contribution in [3.8, 4) is 0 Å². The minimum atomic E-state index is -1.59. The zero-order chi connectivity index (χ0) is 15.7. The summed E-state index contributed by atoms with van der Waals surface area (Å²) in [4.78, 5) is 0. The molecule has 0 saturated heterocycles. The molecule has 0 bridgehead atoms. The topological polar surface area (TPSA) is 101 Å². The summed E-state index contributed by atoms with van der Waals surface area (Å²) < 4.78 is 0. The molecule has 0 saturated carbocycles. The Labute approximate surface area is 127 Å². The molecule has 0 aromatic carbocycles. The van der Waals surface area contributed by atoms with Crippen LogP contribution in [0.5, 0.6) is 0 Å². The SMILES string of the molecule is CCCCCCC(C)C(S)[C@H](O)[C@@H](O)[C@H](O)[C@H](O)CO. The highest BCUT2D eigenvalue weighted by molar-refractivity contribution is 7.81. The highest BCUT2D eigenvalue weighted by Crippen LogP contribution is 2.23. The fourth-order valence-corrected chi connectivity index (χ4v) is 2.47. The number of aliphatic hydroxyl groups excluding tert-OH is 5. The predicted molar refractivity (Wildman–Crippen MR) is 81.8 cm³/mol. The number of thiol groups is 1. The van der Waals surface area contributed by atoms with Gasteiger partial charge in [-0.1, -0.05) is 39.5 Å². The monoisotopic (exact) mass is 310 g/mol. The zero-order valence-electron chi connectivity index (χ0n) is 12.4. The van der Waals surface area contributed by atoms with Gasteiger partial charge in [0.05, 0.1) is 12.7 Å². The summed E-state index contributed by atoms with van der Waals surface area (Å²) in [7, 11) is 0. The molecule has 0 aliphatic rings. The van der Waals surface area contributed by atoms with Gasteiger partial charge in [0, 0.05) is 5.25 Å². The van der Waals surface area contributed by atoms with Crippen LogP contribution in [0.4, 0.5) is 0 Å². The van der Waals surface area contributed by atoms with E-state index in [1.54, 1.807) is 0 Å². The van der Waals surface area contributed by atoms with E-state index in [-0.39, 0.29) is 5.92 Å². The van der Waals surface area contributed by atoms with Crippen LogP contribution in [0.15, 0.2) is 0 Å². The lowest BCUT2D eigenvalue weighted by Gasteiger charge is -2.31. The third-order valence-corrected chi connectivity index (χ3v) is 4.54. The van der Waals surface area contributed by atoms with Crippen LogP contribution in [-0.4, -0.2) is 61.8 Å². The Kier molecular flexibility index (Phi) is 10.9. The van der Waals surface area contributed by atoms with Crippen molar-refractivity contribution < 1.29 is 25.5 Å². The summed E-state index contributed by atoms with van der Waals surface area (Å²) in [5, 5.41) is 46.9. The van der Waals surface area contributed by atoms with Crippen LogP contribution >= 0.6 is 12.6 Å². The van der Waals surface area contributed by atoms with Crippen molar-refractivity contribution >= 4 is 12.6 Å². The lowest BCUT2D eigenvalue weighted by molar-refractivity contribution is -0.116. The molecule has 0 aromatic rings. The maximum absolute atomic E-state index is 10.00. The maximum atomic E-state index is 10.00. The molecule has 2 unspecified atom stereocenters. The molecule has 0 amide bonds. The van der Waals surface area contributed by atoms with Crippen LogP contribution in [0, 0.1) is 5.92 Å². The van der Waals surface area contributed by atoms with E-state index in [0.717, 1.165) is 25.7 Å². The summed E-state index contributed by atoms with van der Waals surface area (Å²) in [6.07, 6.45) is -0.452. The first-order chi connectivity index (χ1) is 9.36. The van der Waals surface area contributed by atoms with Crippen molar-refractivity contribution in [1.82, 2.24) is 0 Å². The summed E-state index contributed by atoms with van der Waals surface area (Å²) in [6, 6.07) is 0. The Morgan fingerprint density at radius 3 is 2.00 bits per heavy atom. The Balaban J connectivity index is 4.26.